The van der Waals surface area contributed by atoms with Crippen molar-refractivity contribution in [1.82, 2.24) is 14.5 Å². The van der Waals surface area contributed by atoms with Crippen molar-refractivity contribution in [3.05, 3.63) is 23.7 Å². The molecule has 5 heteroatoms. The molecule has 2 aromatic rings. The highest BCUT2D eigenvalue weighted by molar-refractivity contribution is 5.99. The predicted molar refractivity (Wildman–Crippen MR) is 69.0 cm³/mol. The zero-order valence-electron chi connectivity index (χ0n) is 10.7. The average Bonchev–Trinajstić information content (AvgIpc) is 2.75. The first kappa shape index (κ1) is 11.0. The Balaban J connectivity index is 1.87. The van der Waals surface area contributed by atoms with Crippen molar-refractivity contribution in [3.8, 4) is 0 Å². The third kappa shape index (κ3) is 1.38. The lowest BCUT2D eigenvalue weighted by atomic mass is 10.1. The molecule has 0 aromatic carbocycles. The molecule has 0 radical (unpaired) electrons. The number of rotatable bonds is 2. The summed E-state index contributed by atoms with van der Waals surface area (Å²) in [5.41, 5.74) is 1.45. The summed E-state index contributed by atoms with van der Waals surface area (Å²) in [6.45, 7) is 0. The Labute approximate surface area is 110 Å². The van der Waals surface area contributed by atoms with E-state index in [4.69, 9.17) is 0 Å². The topological polar surface area (TPSA) is 68.0 Å². The number of pyridine rings is 1. The molecule has 2 aliphatic carbocycles. The van der Waals surface area contributed by atoms with Gasteiger partial charge in [-0.15, -0.1) is 0 Å². The minimum Gasteiger partial charge on any atom is -0.478 e. The van der Waals surface area contributed by atoms with Crippen molar-refractivity contribution in [1.29, 1.82) is 0 Å². The number of aryl methyl sites for hydroxylation is 1. The summed E-state index contributed by atoms with van der Waals surface area (Å²) in [5, 5.41) is 9.22. The molecule has 0 bridgehead atoms. The second-order valence-corrected chi connectivity index (χ2v) is 5.65. The normalized spacial score (nSPS) is 28.6. The van der Waals surface area contributed by atoms with E-state index in [1.807, 2.05) is 11.6 Å². The van der Waals surface area contributed by atoms with Crippen molar-refractivity contribution in [2.75, 3.05) is 0 Å². The highest BCUT2D eigenvalue weighted by Crippen LogP contribution is 2.62. The first-order chi connectivity index (χ1) is 9.18. The van der Waals surface area contributed by atoms with E-state index in [-0.39, 0.29) is 5.56 Å². The van der Waals surface area contributed by atoms with Crippen LogP contribution in [0.5, 0.6) is 0 Å². The van der Waals surface area contributed by atoms with Crippen LogP contribution < -0.4 is 0 Å². The minimum atomic E-state index is -0.937. The fourth-order valence-corrected chi connectivity index (χ4v) is 3.77. The molecule has 98 valence electrons. The van der Waals surface area contributed by atoms with Crippen LogP contribution in [0.4, 0.5) is 0 Å². The van der Waals surface area contributed by atoms with E-state index in [0.29, 0.717) is 17.1 Å². The number of aromatic carboxylic acids is 1. The Hall–Kier alpha value is -1.91. The third-order valence-corrected chi connectivity index (χ3v) is 4.73. The molecule has 2 unspecified atom stereocenters. The smallest absolute Gasteiger partial charge is 0.338 e. The molecule has 4 rings (SSSR count). The van der Waals surface area contributed by atoms with Gasteiger partial charge in [0.15, 0.2) is 5.65 Å². The van der Waals surface area contributed by atoms with Gasteiger partial charge in [-0.05, 0) is 30.7 Å². The van der Waals surface area contributed by atoms with Crippen molar-refractivity contribution in [2.24, 2.45) is 18.9 Å². The van der Waals surface area contributed by atoms with Gasteiger partial charge in [0.2, 0.25) is 0 Å². The number of carboxylic acids is 1. The van der Waals surface area contributed by atoms with E-state index in [1.165, 1.54) is 25.3 Å². The fourth-order valence-electron chi connectivity index (χ4n) is 3.77. The molecule has 2 aliphatic rings. The maximum absolute atomic E-state index is 11.2. The summed E-state index contributed by atoms with van der Waals surface area (Å²) in [7, 11) is 1.94. The first-order valence-electron chi connectivity index (χ1n) is 6.73. The Morgan fingerprint density at radius 1 is 1.42 bits per heavy atom. The fraction of sp³-hybridized carbons (Fsp3) is 0.500. The summed E-state index contributed by atoms with van der Waals surface area (Å²) >= 11 is 0. The number of aromatic nitrogens is 3. The van der Waals surface area contributed by atoms with E-state index in [9.17, 15) is 9.90 Å². The summed E-state index contributed by atoms with van der Waals surface area (Å²) in [6.07, 6.45) is 5.45. The van der Waals surface area contributed by atoms with Crippen LogP contribution in [0.15, 0.2) is 12.3 Å². The predicted octanol–water partition coefficient (Wildman–Crippen LogP) is 2.18. The maximum atomic E-state index is 11.2. The summed E-state index contributed by atoms with van der Waals surface area (Å²) in [4.78, 5) is 20.1. The molecule has 0 saturated heterocycles. The largest absolute Gasteiger partial charge is 0.478 e. The van der Waals surface area contributed by atoms with Gasteiger partial charge in [0.25, 0.3) is 0 Å². The van der Waals surface area contributed by atoms with Crippen molar-refractivity contribution < 1.29 is 9.90 Å². The lowest BCUT2D eigenvalue weighted by Crippen LogP contribution is -2.00. The van der Waals surface area contributed by atoms with Crippen LogP contribution in [0.1, 0.15) is 41.4 Å². The third-order valence-electron chi connectivity index (χ3n) is 4.73. The second-order valence-electron chi connectivity index (χ2n) is 5.65. The number of nitrogens with zero attached hydrogens (tertiary/aromatic N) is 3. The van der Waals surface area contributed by atoms with Crippen LogP contribution >= 0.6 is 0 Å². The van der Waals surface area contributed by atoms with Crippen LogP contribution in [-0.4, -0.2) is 25.6 Å². The minimum absolute atomic E-state index is 0.248. The van der Waals surface area contributed by atoms with Gasteiger partial charge < -0.3 is 9.67 Å². The number of hydrogen-bond donors (Lipinski definition) is 1. The summed E-state index contributed by atoms with van der Waals surface area (Å²) in [5.74, 6) is 2.14. The highest BCUT2D eigenvalue weighted by atomic mass is 16.4. The highest BCUT2D eigenvalue weighted by Gasteiger charge is 2.55. The van der Waals surface area contributed by atoms with E-state index in [2.05, 4.69) is 9.97 Å². The van der Waals surface area contributed by atoms with E-state index < -0.39 is 5.97 Å². The molecule has 2 heterocycles. The molecule has 19 heavy (non-hydrogen) atoms. The molecule has 0 aliphatic heterocycles. The number of fused-ring (bicyclic) bond motifs is 2. The molecule has 2 atom stereocenters. The number of carbonyl (C=O) groups is 1. The number of carboxylic acid groups (broad SMARTS) is 1. The van der Waals surface area contributed by atoms with E-state index >= 15 is 0 Å². The average molecular weight is 257 g/mol. The molecule has 2 saturated carbocycles. The monoisotopic (exact) mass is 257 g/mol. The van der Waals surface area contributed by atoms with Crippen molar-refractivity contribution in [3.63, 3.8) is 0 Å². The molecule has 1 N–H and O–H groups in total. The lowest BCUT2D eigenvalue weighted by molar-refractivity contribution is 0.0698. The standard InChI is InChI=1S/C14H15N3O2/c1-17-12(10-7-3-2-4-8(7)10)16-11-9(14(18)19)5-6-15-13(11)17/h5-8,10H,2-4H2,1H3,(H,18,19). The van der Waals surface area contributed by atoms with Gasteiger partial charge in [0.05, 0.1) is 5.56 Å². The second kappa shape index (κ2) is 3.56. The van der Waals surface area contributed by atoms with E-state index in [1.54, 1.807) is 6.20 Å². The Kier molecular flexibility index (Phi) is 2.05. The summed E-state index contributed by atoms with van der Waals surface area (Å²) < 4.78 is 1.98. The first-order valence-corrected chi connectivity index (χ1v) is 6.73. The molecule has 2 fully saturated rings. The van der Waals surface area contributed by atoms with Crippen LogP contribution in [0.3, 0.4) is 0 Å². The molecule has 0 amide bonds. The molecular weight excluding hydrogens is 242 g/mol. The Bertz CT molecular complexity index is 681. The SMILES string of the molecule is Cn1c(C2C3CCCC32)nc2c(C(=O)O)ccnc21. The van der Waals surface area contributed by atoms with Gasteiger partial charge in [-0.1, -0.05) is 6.42 Å². The van der Waals surface area contributed by atoms with Gasteiger partial charge >= 0.3 is 5.97 Å². The summed E-state index contributed by atoms with van der Waals surface area (Å²) in [6, 6.07) is 1.52. The quantitative estimate of drug-likeness (QED) is 0.895. The molecule has 2 aromatic heterocycles. The molecule has 0 spiro atoms. The zero-order chi connectivity index (χ0) is 13.1. The number of hydrogen-bond acceptors (Lipinski definition) is 3. The number of imidazole rings is 1. The Morgan fingerprint density at radius 3 is 2.84 bits per heavy atom. The lowest BCUT2D eigenvalue weighted by Gasteiger charge is -2.03. The van der Waals surface area contributed by atoms with Crippen LogP contribution in [0, 0.1) is 11.8 Å². The molecular formula is C14H15N3O2. The maximum Gasteiger partial charge on any atom is 0.338 e. The van der Waals surface area contributed by atoms with Crippen LogP contribution in [-0.2, 0) is 7.05 Å². The van der Waals surface area contributed by atoms with Crippen LogP contribution in [0.2, 0.25) is 0 Å². The van der Waals surface area contributed by atoms with Crippen LogP contribution in [0.25, 0.3) is 11.2 Å². The van der Waals surface area contributed by atoms with Gasteiger partial charge in [0.1, 0.15) is 11.3 Å². The van der Waals surface area contributed by atoms with Crippen molar-refractivity contribution >= 4 is 17.1 Å². The Morgan fingerprint density at radius 2 is 2.16 bits per heavy atom. The molecule has 5 nitrogen and oxygen atoms in total. The van der Waals surface area contributed by atoms with Gasteiger partial charge in [-0.25, -0.2) is 14.8 Å². The van der Waals surface area contributed by atoms with Gasteiger partial charge in [0, 0.05) is 19.2 Å². The van der Waals surface area contributed by atoms with Crippen molar-refractivity contribution in [2.45, 2.75) is 25.2 Å². The zero-order valence-corrected chi connectivity index (χ0v) is 10.7. The van der Waals surface area contributed by atoms with E-state index in [0.717, 1.165) is 17.7 Å². The van der Waals surface area contributed by atoms with Gasteiger partial charge in [-0.3, -0.25) is 0 Å². The van der Waals surface area contributed by atoms with Gasteiger partial charge in [-0.2, -0.15) is 0 Å².